The summed E-state index contributed by atoms with van der Waals surface area (Å²) in [4.78, 5) is 11.6. The zero-order valence-electron chi connectivity index (χ0n) is 17.9. The summed E-state index contributed by atoms with van der Waals surface area (Å²) in [7, 11) is 3.72. The molecule has 2 aromatic carbocycles. The molecule has 1 atom stereocenters. The van der Waals surface area contributed by atoms with Gasteiger partial charge in [-0.1, -0.05) is 6.07 Å². The highest BCUT2D eigenvalue weighted by Crippen LogP contribution is 2.38. The Morgan fingerprint density at radius 3 is 2.82 bits per heavy atom. The van der Waals surface area contributed by atoms with Gasteiger partial charge in [0.05, 0.1) is 23.0 Å². The highest BCUT2D eigenvalue weighted by Gasteiger charge is 2.20. The standard InChI is InChI=1S/C22H22N6O3S2/c1-28-8-6-13-10-19(31-2)17(12-18(13)28)25-22-24-16-7-9-32-20(16)21(26-22)23-14-4-3-5-15(11-14)27-33(29)30/h3-5,7,9-12,27H,6,8H2,1-2H3,(H,29,30)(H2,23,24,25,26)/p-1. The first-order valence-corrected chi connectivity index (χ1v) is 12.1. The van der Waals surface area contributed by atoms with Gasteiger partial charge in [-0.25, -0.2) is 4.98 Å². The maximum Gasteiger partial charge on any atom is 0.229 e. The molecule has 2 aromatic heterocycles. The molecule has 0 amide bonds. The van der Waals surface area contributed by atoms with Crippen molar-refractivity contribution in [2.45, 2.75) is 6.42 Å². The Morgan fingerprint density at radius 2 is 2.00 bits per heavy atom. The van der Waals surface area contributed by atoms with Crippen molar-refractivity contribution >= 4 is 67.3 Å². The Bertz CT molecular complexity index is 1360. The van der Waals surface area contributed by atoms with E-state index in [2.05, 4.69) is 44.4 Å². The molecule has 1 unspecified atom stereocenters. The number of methoxy groups -OCH3 is 1. The number of likely N-dealkylation sites (N-methyl/N-ethyl adjacent to an activating group) is 1. The summed E-state index contributed by atoms with van der Waals surface area (Å²) in [5.74, 6) is 1.78. The predicted molar refractivity (Wildman–Crippen MR) is 133 cm³/mol. The van der Waals surface area contributed by atoms with Crippen molar-refractivity contribution in [3.63, 3.8) is 0 Å². The van der Waals surface area contributed by atoms with Crippen molar-refractivity contribution < 1.29 is 13.5 Å². The predicted octanol–water partition coefficient (Wildman–Crippen LogP) is 4.39. The number of ether oxygens (including phenoxy) is 1. The molecule has 0 radical (unpaired) electrons. The van der Waals surface area contributed by atoms with Crippen LogP contribution >= 0.6 is 11.3 Å². The SMILES string of the molecule is COc1cc2c(cc1Nc1nc(Nc3cccc(NS(=O)[O-])c3)c3sccc3n1)N(C)CC2. The van der Waals surface area contributed by atoms with Crippen LogP contribution in [0.4, 0.5) is 34.5 Å². The molecule has 33 heavy (non-hydrogen) atoms. The van der Waals surface area contributed by atoms with Crippen LogP contribution in [0.2, 0.25) is 0 Å². The lowest BCUT2D eigenvalue weighted by atomic mass is 10.1. The van der Waals surface area contributed by atoms with Crippen molar-refractivity contribution in [2.24, 2.45) is 0 Å². The van der Waals surface area contributed by atoms with Crippen LogP contribution in [0.5, 0.6) is 5.75 Å². The molecular weight excluding hydrogens is 460 g/mol. The van der Waals surface area contributed by atoms with E-state index in [1.54, 1.807) is 25.3 Å². The number of nitrogens with zero attached hydrogens (tertiary/aromatic N) is 3. The van der Waals surface area contributed by atoms with E-state index in [0.29, 0.717) is 23.1 Å². The van der Waals surface area contributed by atoms with Gasteiger partial charge in [-0.3, -0.25) is 4.21 Å². The van der Waals surface area contributed by atoms with Gasteiger partial charge in [-0.15, -0.1) is 11.3 Å². The second kappa shape index (κ2) is 8.85. The molecule has 0 saturated heterocycles. The molecule has 3 heterocycles. The molecule has 0 bridgehead atoms. The average molecular weight is 482 g/mol. The first-order chi connectivity index (χ1) is 16.0. The monoisotopic (exact) mass is 481 g/mol. The number of benzene rings is 2. The third-order valence-corrected chi connectivity index (χ3v) is 6.72. The molecule has 0 aliphatic carbocycles. The number of anilines is 6. The zero-order valence-corrected chi connectivity index (χ0v) is 19.5. The Labute approximate surface area is 197 Å². The van der Waals surface area contributed by atoms with E-state index < -0.39 is 11.3 Å². The maximum atomic E-state index is 11.0. The smallest absolute Gasteiger partial charge is 0.229 e. The van der Waals surface area contributed by atoms with E-state index >= 15 is 0 Å². The van der Waals surface area contributed by atoms with E-state index in [4.69, 9.17) is 9.72 Å². The molecule has 1 aliphatic rings. The molecule has 3 N–H and O–H groups in total. The van der Waals surface area contributed by atoms with Gasteiger partial charge >= 0.3 is 0 Å². The van der Waals surface area contributed by atoms with E-state index in [1.165, 1.54) is 16.9 Å². The molecule has 1 aliphatic heterocycles. The number of hydrogen-bond acceptors (Lipinski definition) is 9. The minimum Gasteiger partial charge on any atom is -0.755 e. The van der Waals surface area contributed by atoms with Crippen LogP contribution in [0, 0.1) is 0 Å². The van der Waals surface area contributed by atoms with Crippen molar-refractivity contribution in [1.29, 1.82) is 0 Å². The Balaban J connectivity index is 1.49. The average Bonchev–Trinajstić information content (AvgIpc) is 3.40. The molecule has 11 heteroatoms. The minimum atomic E-state index is -2.40. The van der Waals surface area contributed by atoms with Crippen LogP contribution in [0.1, 0.15) is 5.56 Å². The quantitative estimate of drug-likeness (QED) is 0.333. The van der Waals surface area contributed by atoms with Gasteiger partial charge in [-0.05, 0) is 53.8 Å². The van der Waals surface area contributed by atoms with E-state index in [0.717, 1.165) is 40.3 Å². The third-order valence-electron chi connectivity index (χ3n) is 5.41. The topological polar surface area (TPSA) is 114 Å². The first-order valence-electron chi connectivity index (χ1n) is 10.2. The normalized spacial score (nSPS) is 13.6. The Hall–Kier alpha value is -3.41. The molecule has 5 rings (SSSR count). The maximum absolute atomic E-state index is 11.0. The summed E-state index contributed by atoms with van der Waals surface area (Å²) >= 11 is -0.870. The van der Waals surface area contributed by atoms with Gasteiger partial charge in [0.25, 0.3) is 0 Å². The van der Waals surface area contributed by atoms with Crippen LogP contribution in [-0.4, -0.2) is 39.4 Å². The fourth-order valence-corrected chi connectivity index (χ4v) is 4.95. The van der Waals surface area contributed by atoms with Gasteiger partial charge in [0.1, 0.15) is 5.75 Å². The van der Waals surface area contributed by atoms with Gasteiger partial charge in [0, 0.05) is 41.9 Å². The van der Waals surface area contributed by atoms with Crippen LogP contribution in [0.3, 0.4) is 0 Å². The Kier molecular flexibility index (Phi) is 5.75. The van der Waals surface area contributed by atoms with Gasteiger partial charge in [0.2, 0.25) is 5.95 Å². The van der Waals surface area contributed by atoms with Crippen LogP contribution in [-0.2, 0) is 17.7 Å². The molecule has 170 valence electrons. The van der Waals surface area contributed by atoms with Crippen molar-refractivity contribution in [3.8, 4) is 5.75 Å². The second-order valence-electron chi connectivity index (χ2n) is 7.55. The number of thiophene rings is 1. The summed E-state index contributed by atoms with van der Waals surface area (Å²) in [6, 6.07) is 13.0. The van der Waals surface area contributed by atoms with Crippen LogP contribution in [0.15, 0.2) is 47.8 Å². The minimum absolute atomic E-state index is 0.428. The molecule has 9 nitrogen and oxygen atoms in total. The van der Waals surface area contributed by atoms with Crippen LogP contribution in [0.25, 0.3) is 10.2 Å². The van der Waals surface area contributed by atoms with Crippen molar-refractivity contribution in [3.05, 3.63) is 53.4 Å². The molecule has 0 fully saturated rings. The fourth-order valence-electron chi connectivity index (χ4n) is 3.86. The lowest BCUT2D eigenvalue weighted by Crippen LogP contribution is -2.12. The number of nitrogens with one attached hydrogen (secondary N) is 3. The summed E-state index contributed by atoms with van der Waals surface area (Å²) in [6.45, 7) is 0.973. The first kappa shape index (κ1) is 21.4. The van der Waals surface area contributed by atoms with Gasteiger partial charge < -0.3 is 29.5 Å². The molecule has 0 saturated carbocycles. The van der Waals surface area contributed by atoms with Gasteiger partial charge in [0.15, 0.2) is 5.82 Å². The van der Waals surface area contributed by atoms with E-state index in [1.807, 2.05) is 17.5 Å². The third kappa shape index (κ3) is 4.42. The fraction of sp³-hybridized carbons (Fsp3) is 0.182. The lowest BCUT2D eigenvalue weighted by Gasteiger charge is -2.17. The summed E-state index contributed by atoms with van der Waals surface area (Å²) in [5, 5.41) is 8.56. The molecular formula is C22H21N6O3S2-. The van der Waals surface area contributed by atoms with Crippen LogP contribution < -0.4 is 25.0 Å². The van der Waals surface area contributed by atoms with E-state index in [-0.39, 0.29) is 0 Å². The Morgan fingerprint density at radius 1 is 1.15 bits per heavy atom. The number of fused-ring (bicyclic) bond motifs is 2. The van der Waals surface area contributed by atoms with Gasteiger partial charge in [-0.2, -0.15) is 4.98 Å². The number of rotatable bonds is 7. The highest BCUT2D eigenvalue weighted by molar-refractivity contribution is 7.80. The largest absolute Gasteiger partial charge is 0.755 e. The summed E-state index contributed by atoms with van der Waals surface area (Å²) in [6.07, 6.45) is 0.988. The number of hydrogen-bond donors (Lipinski definition) is 3. The van der Waals surface area contributed by atoms with E-state index in [9.17, 15) is 8.76 Å². The second-order valence-corrected chi connectivity index (χ2v) is 9.14. The molecule has 4 aromatic rings. The zero-order chi connectivity index (χ0) is 22.9. The summed E-state index contributed by atoms with van der Waals surface area (Å²) in [5.41, 5.74) is 5.15. The number of aromatic nitrogens is 2. The summed E-state index contributed by atoms with van der Waals surface area (Å²) < 4.78 is 30.8. The lowest BCUT2D eigenvalue weighted by molar-refractivity contribution is 0.416. The van der Waals surface area contributed by atoms with Crippen molar-refractivity contribution in [2.75, 3.05) is 41.0 Å². The van der Waals surface area contributed by atoms with Crippen molar-refractivity contribution in [1.82, 2.24) is 9.97 Å². The molecule has 0 spiro atoms. The highest BCUT2D eigenvalue weighted by atomic mass is 32.2.